The SMILES string of the molecule is C[C@]12CCC(=O)C=C1CC[C@H]1C3=C[C@@H](O)[C@](O)(C(=O)C(O)CC(=O)O)[C@@]3(C)CC[C@@H]12. The van der Waals surface area contributed by atoms with Crippen LogP contribution in [0.5, 0.6) is 0 Å². The molecular weight excluding hydrogens is 388 g/mol. The second-order valence-corrected chi connectivity index (χ2v) is 9.99. The molecule has 7 heteroatoms. The van der Waals surface area contributed by atoms with Crippen molar-refractivity contribution in [3.05, 3.63) is 23.3 Å². The van der Waals surface area contributed by atoms with Crippen molar-refractivity contribution >= 4 is 17.5 Å². The van der Waals surface area contributed by atoms with E-state index in [-0.39, 0.29) is 23.0 Å². The number of ketones is 2. The third-order valence-electron chi connectivity index (χ3n) is 8.63. The molecule has 4 N–H and O–H groups in total. The molecule has 7 nitrogen and oxygen atoms in total. The van der Waals surface area contributed by atoms with Gasteiger partial charge in [-0.2, -0.15) is 0 Å². The van der Waals surface area contributed by atoms with Gasteiger partial charge < -0.3 is 20.4 Å². The zero-order chi connectivity index (χ0) is 22.1. The first-order valence-electron chi connectivity index (χ1n) is 10.8. The average Bonchev–Trinajstić information content (AvgIpc) is 2.88. The summed E-state index contributed by atoms with van der Waals surface area (Å²) in [6.07, 6.45) is 3.17. The van der Waals surface area contributed by atoms with Gasteiger partial charge in [0.2, 0.25) is 0 Å². The van der Waals surface area contributed by atoms with Crippen LogP contribution in [0.3, 0.4) is 0 Å². The maximum Gasteiger partial charge on any atom is 0.306 e. The average molecular weight is 418 g/mol. The van der Waals surface area contributed by atoms with Gasteiger partial charge in [0.25, 0.3) is 0 Å². The number of hydrogen-bond acceptors (Lipinski definition) is 6. The lowest BCUT2D eigenvalue weighted by Gasteiger charge is -2.57. The Labute approximate surface area is 175 Å². The number of aliphatic carboxylic acids is 1. The van der Waals surface area contributed by atoms with Gasteiger partial charge in [-0.3, -0.25) is 14.4 Å². The minimum atomic E-state index is -2.25. The Bertz CT molecular complexity index is 873. The highest BCUT2D eigenvalue weighted by Gasteiger charge is 2.67. The molecule has 0 aromatic heterocycles. The summed E-state index contributed by atoms with van der Waals surface area (Å²) in [6, 6.07) is 0. The highest BCUT2D eigenvalue weighted by molar-refractivity contribution is 5.96. The minimum Gasteiger partial charge on any atom is -0.481 e. The maximum atomic E-state index is 13.0. The van der Waals surface area contributed by atoms with Crippen LogP contribution in [0.15, 0.2) is 23.3 Å². The van der Waals surface area contributed by atoms with E-state index in [0.29, 0.717) is 12.8 Å². The Kier molecular flexibility index (Phi) is 4.88. The molecular formula is C23H30O7. The number of aliphatic hydroxyl groups excluding tert-OH is 2. The summed E-state index contributed by atoms with van der Waals surface area (Å²) in [4.78, 5) is 35.9. The molecule has 4 aliphatic carbocycles. The van der Waals surface area contributed by atoms with E-state index in [1.165, 1.54) is 5.57 Å². The molecule has 0 heterocycles. The van der Waals surface area contributed by atoms with Gasteiger partial charge in [0.05, 0.1) is 6.42 Å². The first-order chi connectivity index (χ1) is 13.9. The summed E-state index contributed by atoms with van der Waals surface area (Å²) >= 11 is 0. The van der Waals surface area contributed by atoms with Crippen molar-refractivity contribution in [1.29, 1.82) is 0 Å². The van der Waals surface area contributed by atoms with Gasteiger partial charge in [-0.15, -0.1) is 0 Å². The third-order valence-corrected chi connectivity index (χ3v) is 8.63. The van der Waals surface area contributed by atoms with E-state index in [9.17, 15) is 29.7 Å². The van der Waals surface area contributed by atoms with Gasteiger partial charge in [-0.25, -0.2) is 0 Å². The highest BCUT2D eigenvalue weighted by Crippen LogP contribution is 2.65. The molecule has 4 aliphatic rings. The number of carbonyl (C=O) groups is 3. The molecule has 164 valence electrons. The van der Waals surface area contributed by atoms with Crippen molar-refractivity contribution in [2.75, 3.05) is 0 Å². The van der Waals surface area contributed by atoms with E-state index in [1.54, 1.807) is 19.1 Å². The zero-order valence-corrected chi connectivity index (χ0v) is 17.4. The zero-order valence-electron chi connectivity index (χ0n) is 17.4. The van der Waals surface area contributed by atoms with Crippen LogP contribution in [0.4, 0.5) is 0 Å². The van der Waals surface area contributed by atoms with Gasteiger partial charge >= 0.3 is 5.97 Å². The molecule has 0 spiro atoms. The van der Waals surface area contributed by atoms with Gasteiger partial charge in [0.15, 0.2) is 17.2 Å². The number of Topliss-reactive ketones (excluding diaryl/α,β-unsaturated/α-hetero) is 1. The van der Waals surface area contributed by atoms with Crippen molar-refractivity contribution in [3.63, 3.8) is 0 Å². The number of hydrogen-bond donors (Lipinski definition) is 4. The van der Waals surface area contributed by atoms with Crippen molar-refractivity contribution < 1.29 is 34.8 Å². The van der Waals surface area contributed by atoms with E-state index in [2.05, 4.69) is 6.92 Å². The number of fused-ring (bicyclic) bond motifs is 5. The Morgan fingerprint density at radius 1 is 1.20 bits per heavy atom. The number of carbonyl (C=O) groups excluding carboxylic acids is 2. The number of carboxylic acid groups (broad SMARTS) is 1. The quantitative estimate of drug-likeness (QED) is 0.509. The molecule has 0 aliphatic heterocycles. The molecule has 7 atom stereocenters. The fourth-order valence-electron chi connectivity index (χ4n) is 6.87. The number of rotatable bonds is 4. The molecule has 0 saturated heterocycles. The van der Waals surface area contributed by atoms with Crippen LogP contribution >= 0.6 is 0 Å². The fraction of sp³-hybridized carbons (Fsp3) is 0.696. The van der Waals surface area contributed by atoms with Crippen molar-refractivity contribution in [2.45, 2.75) is 76.6 Å². The van der Waals surface area contributed by atoms with E-state index in [0.717, 1.165) is 31.3 Å². The van der Waals surface area contributed by atoms with Crippen LogP contribution < -0.4 is 0 Å². The summed E-state index contributed by atoms with van der Waals surface area (Å²) in [6.45, 7) is 3.94. The molecule has 30 heavy (non-hydrogen) atoms. The first-order valence-corrected chi connectivity index (χ1v) is 10.8. The summed E-state index contributed by atoms with van der Waals surface area (Å²) in [5, 5.41) is 41.2. The van der Waals surface area contributed by atoms with Gasteiger partial charge in [0.1, 0.15) is 12.2 Å². The van der Waals surface area contributed by atoms with Crippen LogP contribution in [-0.2, 0) is 14.4 Å². The lowest BCUT2D eigenvalue weighted by atomic mass is 9.47. The van der Waals surface area contributed by atoms with Crippen LogP contribution in [0.25, 0.3) is 0 Å². The van der Waals surface area contributed by atoms with Crippen molar-refractivity contribution in [3.8, 4) is 0 Å². The smallest absolute Gasteiger partial charge is 0.306 e. The largest absolute Gasteiger partial charge is 0.481 e. The molecule has 0 bridgehead atoms. The Morgan fingerprint density at radius 2 is 1.90 bits per heavy atom. The van der Waals surface area contributed by atoms with Gasteiger partial charge in [-0.1, -0.05) is 31.1 Å². The summed E-state index contributed by atoms with van der Waals surface area (Å²) < 4.78 is 0. The lowest BCUT2D eigenvalue weighted by Crippen LogP contribution is -2.62. The Hall–Kier alpha value is -1.83. The van der Waals surface area contributed by atoms with Crippen molar-refractivity contribution in [1.82, 2.24) is 0 Å². The predicted molar refractivity (Wildman–Crippen MR) is 106 cm³/mol. The normalized spacial score (nSPS) is 43.6. The Morgan fingerprint density at radius 3 is 2.57 bits per heavy atom. The maximum absolute atomic E-state index is 13.0. The lowest BCUT2D eigenvalue weighted by molar-refractivity contribution is -0.175. The van der Waals surface area contributed by atoms with Crippen LogP contribution in [0.1, 0.15) is 58.8 Å². The summed E-state index contributed by atoms with van der Waals surface area (Å²) in [5.74, 6) is -1.90. The van der Waals surface area contributed by atoms with Crippen LogP contribution in [-0.4, -0.2) is 55.8 Å². The molecule has 2 saturated carbocycles. The summed E-state index contributed by atoms with van der Waals surface area (Å²) in [7, 11) is 0. The third kappa shape index (κ3) is 2.71. The number of aliphatic hydroxyl groups is 3. The Balaban J connectivity index is 1.69. The molecule has 0 radical (unpaired) electrons. The van der Waals surface area contributed by atoms with Gasteiger partial charge in [0, 0.05) is 11.8 Å². The molecule has 0 aromatic carbocycles. The van der Waals surface area contributed by atoms with Crippen molar-refractivity contribution in [2.24, 2.45) is 22.7 Å². The second kappa shape index (κ2) is 6.84. The van der Waals surface area contributed by atoms with Crippen LogP contribution in [0.2, 0.25) is 0 Å². The predicted octanol–water partition coefficient (Wildman–Crippen LogP) is 1.54. The van der Waals surface area contributed by atoms with E-state index >= 15 is 0 Å². The molecule has 0 amide bonds. The highest BCUT2D eigenvalue weighted by atomic mass is 16.4. The van der Waals surface area contributed by atoms with E-state index in [1.807, 2.05) is 0 Å². The second-order valence-electron chi connectivity index (χ2n) is 9.99. The standard InChI is InChI=1S/C23H30O7/c1-21-7-5-13(24)9-12(21)3-4-14-15(21)6-8-22(2)16(14)10-18(26)23(22,30)20(29)17(25)11-19(27)28/h9-10,14-15,17-18,25-26,30H,3-8,11H2,1-2H3,(H,27,28)/t14-,15+,17?,18-,21+,22+,23+/m1/s1. The number of allylic oxidation sites excluding steroid dienone is 2. The topological polar surface area (TPSA) is 132 Å². The van der Waals surface area contributed by atoms with E-state index < -0.39 is 41.4 Å². The van der Waals surface area contributed by atoms with Gasteiger partial charge in [-0.05, 0) is 55.4 Å². The molecule has 1 unspecified atom stereocenters. The van der Waals surface area contributed by atoms with Crippen LogP contribution in [0, 0.1) is 22.7 Å². The number of carboxylic acids is 1. The van der Waals surface area contributed by atoms with E-state index in [4.69, 9.17) is 5.11 Å². The molecule has 2 fully saturated rings. The minimum absolute atomic E-state index is 0.0622. The first kappa shape index (κ1) is 21.4. The fourth-order valence-corrected chi connectivity index (χ4v) is 6.87. The summed E-state index contributed by atoms with van der Waals surface area (Å²) in [5.41, 5.74) is -1.40. The molecule has 0 aromatic rings. The molecule has 4 rings (SSSR count). The monoisotopic (exact) mass is 418 g/mol.